The second kappa shape index (κ2) is 9.19. The molecule has 8 heteroatoms. The smallest absolute Gasteiger partial charge is 0.264 e. The molecule has 0 spiro atoms. The molecule has 0 atom stereocenters. The number of rotatable bonds is 8. The molecule has 0 saturated heterocycles. The van der Waals surface area contributed by atoms with E-state index in [1.807, 2.05) is 13.8 Å². The first-order valence-electron chi connectivity index (χ1n) is 8.61. The molecule has 0 aromatic heterocycles. The average molecular weight is 413 g/mol. The Morgan fingerprint density at radius 2 is 1.78 bits per heavy atom. The summed E-state index contributed by atoms with van der Waals surface area (Å²) >= 11 is 5.82. The van der Waals surface area contributed by atoms with Crippen LogP contribution < -0.4 is 9.62 Å². The molecule has 0 radical (unpaired) electrons. The summed E-state index contributed by atoms with van der Waals surface area (Å²) in [6, 6.07) is 11.3. The molecule has 1 N–H and O–H groups in total. The number of halogens is 2. The van der Waals surface area contributed by atoms with Gasteiger partial charge in [0.05, 0.1) is 15.6 Å². The van der Waals surface area contributed by atoms with Gasteiger partial charge in [0.15, 0.2) is 0 Å². The van der Waals surface area contributed by atoms with Crippen molar-refractivity contribution in [3.05, 3.63) is 59.4 Å². The maximum absolute atomic E-state index is 13.5. The molecule has 0 aliphatic rings. The molecule has 5 nitrogen and oxygen atoms in total. The normalized spacial score (nSPS) is 11.4. The summed E-state index contributed by atoms with van der Waals surface area (Å²) in [7, 11) is -4.04. The standard InChI is InChI=1S/C19H22ClFN2O3S/c1-3-14(4-2)22-19(24)13-23(15-10-11-18(21)17(20)12-15)27(25,26)16-8-6-5-7-9-16/h5-12,14H,3-4,13H2,1-2H3,(H,22,24). The number of amides is 1. The summed E-state index contributed by atoms with van der Waals surface area (Å²) in [6.07, 6.45) is 1.46. The second-order valence-corrected chi connectivity index (χ2v) is 8.27. The minimum atomic E-state index is -4.04. The molecule has 0 bridgehead atoms. The van der Waals surface area contributed by atoms with Crippen molar-refractivity contribution in [3.63, 3.8) is 0 Å². The third kappa shape index (κ3) is 5.20. The van der Waals surface area contributed by atoms with Crippen LogP contribution in [0.2, 0.25) is 5.02 Å². The van der Waals surface area contributed by atoms with Crippen LogP contribution in [0.4, 0.5) is 10.1 Å². The van der Waals surface area contributed by atoms with E-state index < -0.39 is 28.3 Å². The van der Waals surface area contributed by atoms with Crippen molar-refractivity contribution in [2.24, 2.45) is 0 Å². The first kappa shape index (κ1) is 21.2. The molecule has 2 aromatic rings. The zero-order chi connectivity index (χ0) is 20.0. The van der Waals surface area contributed by atoms with Crippen molar-refractivity contribution in [2.45, 2.75) is 37.6 Å². The third-order valence-corrected chi connectivity index (χ3v) is 6.24. The van der Waals surface area contributed by atoms with Crippen LogP contribution in [0.3, 0.4) is 0 Å². The zero-order valence-corrected chi connectivity index (χ0v) is 16.7. The summed E-state index contributed by atoms with van der Waals surface area (Å²) in [5, 5.41) is 2.59. The highest BCUT2D eigenvalue weighted by Crippen LogP contribution is 2.27. The zero-order valence-electron chi connectivity index (χ0n) is 15.2. The van der Waals surface area contributed by atoms with Gasteiger partial charge in [0, 0.05) is 6.04 Å². The molecule has 2 rings (SSSR count). The molecule has 0 fully saturated rings. The Hall–Kier alpha value is -2.12. The van der Waals surface area contributed by atoms with Crippen LogP contribution in [0.25, 0.3) is 0 Å². The van der Waals surface area contributed by atoms with E-state index in [1.165, 1.54) is 24.3 Å². The lowest BCUT2D eigenvalue weighted by atomic mass is 10.2. The van der Waals surface area contributed by atoms with E-state index in [2.05, 4.69) is 5.32 Å². The van der Waals surface area contributed by atoms with Crippen LogP contribution in [0.1, 0.15) is 26.7 Å². The van der Waals surface area contributed by atoms with Gasteiger partial charge >= 0.3 is 0 Å². The monoisotopic (exact) mass is 412 g/mol. The fraction of sp³-hybridized carbons (Fsp3) is 0.316. The van der Waals surface area contributed by atoms with Gasteiger partial charge in [0.1, 0.15) is 12.4 Å². The highest BCUT2D eigenvalue weighted by molar-refractivity contribution is 7.92. The molecule has 0 heterocycles. The lowest BCUT2D eigenvalue weighted by Gasteiger charge is -2.25. The van der Waals surface area contributed by atoms with Crippen LogP contribution in [-0.2, 0) is 14.8 Å². The predicted octanol–water partition coefficient (Wildman–Crippen LogP) is 3.98. The van der Waals surface area contributed by atoms with E-state index in [0.29, 0.717) is 0 Å². The van der Waals surface area contributed by atoms with E-state index in [9.17, 15) is 17.6 Å². The van der Waals surface area contributed by atoms with Gasteiger partial charge in [-0.05, 0) is 43.2 Å². The number of hydrogen-bond donors (Lipinski definition) is 1. The number of benzene rings is 2. The number of carbonyl (C=O) groups excluding carboxylic acids is 1. The van der Waals surface area contributed by atoms with Gasteiger partial charge in [0.2, 0.25) is 5.91 Å². The van der Waals surface area contributed by atoms with Gasteiger partial charge in [0.25, 0.3) is 10.0 Å². The number of nitrogens with one attached hydrogen (secondary N) is 1. The van der Waals surface area contributed by atoms with E-state index in [1.54, 1.807) is 18.2 Å². The summed E-state index contributed by atoms with van der Waals surface area (Å²) in [4.78, 5) is 12.5. The Bertz CT molecular complexity index is 887. The topological polar surface area (TPSA) is 66.5 Å². The Labute approximate surface area is 164 Å². The van der Waals surface area contributed by atoms with Crippen molar-refractivity contribution in [2.75, 3.05) is 10.8 Å². The average Bonchev–Trinajstić information content (AvgIpc) is 2.67. The van der Waals surface area contributed by atoms with Gasteiger partial charge in [-0.3, -0.25) is 9.10 Å². The molecule has 146 valence electrons. The minimum absolute atomic E-state index is 0.0285. The summed E-state index contributed by atoms with van der Waals surface area (Å²) < 4.78 is 40.7. The maximum atomic E-state index is 13.5. The third-order valence-electron chi connectivity index (χ3n) is 4.16. The molecule has 0 unspecified atom stereocenters. The molecule has 27 heavy (non-hydrogen) atoms. The Morgan fingerprint density at radius 1 is 1.15 bits per heavy atom. The van der Waals surface area contributed by atoms with Crippen LogP contribution in [0.15, 0.2) is 53.4 Å². The lowest BCUT2D eigenvalue weighted by Crippen LogP contribution is -2.44. The van der Waals surface area contributed by atoms with E-state index in [-0.39, 0.29) is 21.6 Å². The van der Waals surface area contributed by atoms with Gasteiger partial charge < -0.3 is 5.32 Å². The van der Waals surface area contributed by atoms with Crippen LogP contribution >= 0.6 is 11.6 Å². The predicted molar refractivity (Wildman–Crippen MR) is 105 cm³/mol. The molecule has 0 saturated carbocycles. The summed E-state index contributed by atoms with van der Waals surface area (Å²) in [6.45, 7) is 3.44. The number of hydrogen-bond acceptors (Lipinski definition) is 3. The number of sulfonamides is 1. The van der Waals surface area contributed by atoms with Crippen LogP contribution in [0.5, 0.6) is 0 Å². The SMILES string of the molecule is CCC(CC)NC(=O)CN(c1ccc(F)c(Cl)c1)S(=O)(=O)c1ccccc1. The highest BCUT2D eigenvalue weighted by atomic mass is 35.5. The first-order chi connectivity index (χ1) is 12.8. The summed E-state index contributed by atoms with van der Waals surface area (Å²) in [5.74, 6) is -1.11. The van der Waals surface area contributed by atoms with Gasteiger partial charge in [-0.15, -0.1) is 0 Å². The fourth-order valence-corrected chi connectivity index (χ4v) is 4.18. The number of nitrogens with zero attached hydrogens (tertiary/aromatic N) is 1. The Balaban J connectivity index is 2.42. The first-order valence-corrected chi connectivity index (χ1v) is 10.4. The Kier molecular flexibility index (Phi) is 7.21. The van der Waals surface area contributed by atoms with Crippen molar-refractivity contribution in [1.82, 2.24) is 5.32 Å². The van der Waals surface area contributed by atoms with Crippen LogP contribution in [-0.4, -0.2) is 26.9 Å². The largest absolute Gasteiger partial charge is 0.352 e. The van der Waals surface area contributed by atoms with E-state index in [0.717, 1.165) is 23.2 Å². The van der Waals surface area contributed by atoms with E-state index in [4.69, 9.17) is 11.6 Å². The summed E-state index contributed by atoms with van der Waals surface area (Å²) in [5.41, 5.74) is 0.116. The molecule has 0 aliphatic carbocycles. The van der Waals surface area contributed by atoms with Crippen molar-refractivity contribution >= 4 is 33.2 Å². The Morgan fingerprint density at radius 3 is 2.33 bits per heavy atom. The minimum Gasteiger partial charge on any atom is -0.352 e. The van der Waals surface area contributed by atoms with Gasteiger partial charge in [-0.25, -0.2) is 12.8 Å². The van der Waals surface area contributed by atoms with Crippen molar-refractivity contribution in [3.8, 4) is 0 Å². The second-order valence-electron chi connectivity index (χ2n) is 6.00. The fourth-order valence-electron chi connectivity index (χ4n) is 2.57. The van der Waals surface area contributed by atoms with Crippen molar-refractivity contribution in [1.29, 1.82) is 0 Å². The lowest BCUT2D eigenvalue weighted by molar-refractivity contribution is -0.120. The molecule has 0 aliphatic heterocycles. The highest BCUT2D eigenvalue weighted by Gasteiger charge is 2.28. The molecule has 2 aromatic carbocycles. The van der Waals surface area contributed by atoms with Gasteiger partial charge in [-0.1, -0.05) is 43.6 Å². The quantitative estimate of drug-likeness (QED) is 0.713. The maximum Gasteiger partial charge on any atom is 0.264 e. The molecular weight excluding hydrogens is 391 g/mol. The molecule has 1 amide bonds. The van der Waals surface area contributed by atoms with E-state index >= 15 is 0 Å². The van der Waals surface area contributed by atoms with Gasteiger partial charge in [-0.2, -0.15) is 0 Å². The number of carbonyl (C=O) groups is 1. The van der Waals surface area contributed by atoms with Crippen LogP contribution in [0, 0.1) is 5.82 Å². The van der Waals surface area contributed by atoms with Crippen molar-refractivity contribution < 1.29 is 17.6 Å². The molecular formula is C19H22ClFN2O3S. The number of anilines is 1.